The van der Waals surface area contributed by atoms with Crippen molar-refractivity contribution in [2.24, 2.45) is 0 Å². The van der Waals surface area contributed by atoms with E-state index in [0.29, 0.717) is 19.8 Å². The van der Waals surface area contributed by atoms with Crippen LogP contribution in [0, 0.1) is 0 Å². The molecular formula is C18H22O3. The maximum Gasteiger partial charge on any atom is 0.109 e. The average Bonchev–Trinajstić information content (AvgIpc) is 2.55. The first-order valence-electron chi connectivity index (χ1n) is 7.64. The zero-order valence-corrected chi connectivity index (χ0v) is 12.4. The first kappa shape index (κ1) is 14.5. The zero-order valence-electron chi connectivity index (χ0n) is 12.4. The van der Waals surface area contributed by atoms with Gasteiger partial charge in [0.05, 0.1) is 0 Å². The van der Waals surface area contributed by atoms with Crippen LogP contribution in [0.15, 0.2) is 42.5 Å². The highest BCUT2D eigenvalue weighted by molar-refractivity contribution is 5.86. The van der Waals surface area contributed by atoms with Crippen molar-refractivity contribution in [3.05, 3.63) is 48.0 Å². The van der Waals surface area contributed by atoms with Crippen LogP contribution >= 0.6 is 0 Å². The van der Waals surface area contributed by atoms with Crippen molar-refractivity contribution in [1.82, 2.24) is 0 Å². The first-order valence-corrected chi connectivity index (χ1v) is 7.64. The monoisotopic (exact) mass is 286 g/mol. The van der Waals surface area contributed by atoms with Crippen molar-refractivity contribution in [3.63, 3.8) is 0 Å². The van der Waals surface area contributed by atoms with Crippen molar-refractivity contribution in [2.75, 3.05) is 19.8 Å². The van der Waals surface area contributed by atoms with Gasteiger partial charge < -0.3 is 14.6 Å². The molecule has 2 aromatic carbocycles. The molecule has 1 saturated heterocycles. The Morgan fingerprint density at radius 3 is 2.62 bits per heavy atom. The molecule has 2 aromatic rings. The van der Waals surface area contributed by atoms with E-state index in [2.05, 4.69) is 18.2 Å². The second kappa shape index (κ2) is 6.14. The number of hydrogen-bond acceptors (Lipinski definition) is 3. The second-order valence-corrected chi connectivity index (χ2v) is 5.58. The van der Waals surface area contributed by atoms with Gasteiger partial charge in [0.1, 0.15) is 11.7 Å². The molecule has 3 nitrogen and oxygen atoms in total. The quantitative estimate of drug-likeness (QED) is 0.935. The molecule has 112 valence electrons. The van der Waals surface area contributed by atoms with Crippen LogP contribution in [0.2, 0.25) is 0 Å². The number of fused-ring (bicyclic) bond motifs is 1. The van der Waals surface area contributed by atoms with Gasteiger partial charge in [-0.05, 0) is 23.3 Å². The Balaban J connectivity index is 2.03. The van der Waals surface area contributed by atoms with E-state index in [1.807, 2.05) is 31.2 Å². The molecule has 3 rings (SSSR count). The van der Waals surface area contributed by atoms with Gasteiger partial charge in [-0.2, -0.15) is 0 Å². The first-order chi connectivity index (χ1) is 10.3. The predicted octanol–water partition coefficient (Wildman–Crippen LogP) is 3.46. The third-order valence-electron chi connectivity index (χ3n) is 4.39. The van der Waals surface area contributed by atoms with Crippen LogP contribution < -0.4 is 0 Å². The van der Waals surface area contributed by atoms with Gasteiger partial charge >= 0.3 is 0 Å². The maximum atomic E-state index is 11.0. The number of rotatable bonds is 4. The zero-order chi connectivity index (χ0) is 14.7. The average molecular weight is 286 g/mol. The van der Waals surface area contributed by atoms with E-state index in [4.69, 9.17) is 9.47 Å². The Bertz CT molecular complexity index is 591. The third-order valence-corrected chi connectivity index (χ3v) is 4.39. The summed E-state index contributed by atoms with van der Waals surface area (Å²) in [6.45, 7) is 3.86. The Hall–Kier alpha value is -1.42. The normalized spacial score (nSPS) is 19.5. The van der Waals surface area contributed by atoms with Gasteiger partial charge in [-0.1, -0.05) is 42.5 Å². The van der Waals surface area contributed by atoms with E-state index in [9.17, 15) is 5.11 Å². The summed E-state index contributed by atoms with van der Waals surface area (Å²) in [6.07, 6.45) is 0.823. The van der Waals surface area contributed by atoms with Crippen molar-refractivity contribution < 1.29 is 14.6 Å². The Labute approximate surface area is 125 Å². The lowest BCUT2D eigenvalue weighted by atomic mass is 9.82. The van der Waals surface area contributed by atoms with Crippen LogP contribution in [-0.2, 0) is 9.47 Å². The highest BCUT2D eigenvalue weighted by atomic mass is 16.5. The Kier molecular flexibility index (Phi) is 4.24. The molecule has 0 aliphatic carbocycles. The summed E-state index contributed by atoms with van der Waals surface area (Å²) < 4.78 is 11.5. The highest BCUT2D eigenvalue weighted by Gasteiger charge is 2.41. The smallest absolute Gasteiger partial charge is 0.109 e. The van der Waals surface area contributed by atoms with Crippen LogP contribution in [0.3, 0.4) is 0 Å². The molecule has 1 aliphatic rings. The Morgan fingerprint density at radius 2 is 1.86 bits per heavy atom. The van der Waals surface area contributed by atoms with Gasteiger partial charge in [0, 0.05) is 32.7 Å². The summed E-state index contributed by atoms with van der Waals surface area (Å²) in [6, 6.07) is 14.2. The maximum absolute atomic E-state index is 11.0. The van der Waals surface area contributed by atoms with E-state index in [1.165, 1.54) is 0 Å². The minimum absolute atomic E-state index is 0.531. The van der Waals surface area contributed by atoms with Gasteiger partial charge in [-0.25, -0.2) is 0 Å². The molecule has 0 aromatic heterocycles. The van der Waals surface area contributed by atoms with Gasteiger partial charge in [-0.15, -0.1) is 0 Å². The number of aliphatic hydroxyl groups excluding tert-OH is 1. The molecule has 1 heterocycles. The van der Waals surface area contributed by atoms with Gasteiger partial charge in [0.15, 0.2) is 0 Å². The van der Waals surface area contributed by atoms with Crippen LogP contribution in [-0.4, -0.2) is 30.5 Å². The van der Waals surface area contributed by atoms with Gasteiger partial charge in [0.2, 0.25) is 0 Å². The fourth-order valence-electron chi connectivity index (χ4n) is 3.27. The summed E-state index contributed by atoms with van der Waals surface area (Å²) >= 11 is 0. The molecule has 1 atom stereocenters. The summed E-state index contributed by atoms with van der Waals surface area (Å²) in [7, 11) is 0. The predicted molar refractivity (Wildman–Crippen MR) is 83.3 cm³/mol. The van der Waals surface area contributed by atoms with E-state index < -0.39 is 11.7 Å². The van der Waals surface area contributed by atoms with Crippen LogP contribution in [0.5, 0.6) is 0 Å². The minimum atomic E-state index is -0.632. The topological polar surface area (TPSA) is 38.7 Å². The molecule has 1 fully saturated rings. The SMILES string of the molecule is CCOC1(C(O)c2cccc3ccccc23)CCOCC1. The molecule has 21 heavy (non-hydrogen) atoms. The van der Waals surface area contributed by atoms with E-state index >= 15 is 0 Å². The minimum Gasteiger partial charge on any atom is -0.385 e. The molecule has 0 spiro atoms. The summed E-state index contributed by atoms with van der Waals surface area (Å²) in [5.41, 5.74) is 0.417. The lowest BCUT2D eigenvalue weighted by molar-refractivity contribution is -0.167. The number of aliphatic hydroxyl groups is 1. The third kappa shape index (κ3) is 2.69. The summed E-state index contributed by atoms with van der Waals surface area (Å²) in [4.78, 5) is 0. The number of benzene rings is 2. The Morgan fingerprint density at radius 1 is 1.14 bits per heavy atom. The molecule has 0 bridgehead atoms. The number of ether oxygens (including phenoxy) is 2. The van der Waals surface area contributed by atoms with Crippen LogP contribution in [0.25, 0.3) is 10.8 Å². The largest absolute Gasteiger partial charge is 0.385 e. The molecule has 3 heteroatoms. The second-order valence-electron chi connectivity index (χ2n) is 5.58. The lowest BCUT2D eigenvalue weighted by Crippen LogP contribution is -2.44. The van der Waals surface area contributed by atoms with Gasteiger partial charge in [0.25, 0.3) is 0 Å². The number of hydrogen-bond donors (Lipinski definition) is 1. The van der Waals surface area contributed by atoms with Gasteiger partial charge in [-0.3, -0.25) is 0 Å². The molecular weight excluding hydrogens is 264 g/mol. The van der Waals surface area contributed by atoms with Crippen molar-refractivity contribution in [3.8, 4) is 0 Å². The molecule has 0 amide bonds. The van der Waals surface area contributed by atoms with E-state index in [1.54, 1.807) is 0 Å². The van der Waals surface area contributed by atoms with Crippen molar-refractivity contribution in [1.29, 1.82) is 0 Å². The molecule has 1 aliphatic heterocycles. The lowest BCUT2D eigenvalue weighted by Gasteiger charge is -2.41. The van der Waals surface area contributed by atoms with E-state index in [0.717, 1.165) is 29.2 Å². The fourth-order valence-corrected chi connectivity index (χ4v) is 3.27. The fraction of sp³-hybridized carbons (Fsp3) is 0.444. The summed E-state index contributed by atoms with van der Waals surface area (Å²) in [5.74, 6) is 0. The van der Waals surface area contributed by atoms with Crippen LogP contribution in [0.4, 0.5) is 0 Å². The van der Waals surface area contributed by atoms with Crippen molar-refractivity contribution in [2.45, 2.75) is 31.5 Å². The van der Waals surface area contributed by atoms with Crippen molar-refractivity contribution >= 4 is 10.8 Å². The van der Waals surface area contributed by atoms with Crippen LogP contribution in [0.1, 0.15) is 31.4 Å². The highest BCUT2D eigenvalue weighted by Crippen LogP contribution is 2.40. The standard InChI is InChI=1S/C18H22O3/c1-2-21-18(10-12-20-13-11-18)17(19)16-9-5-7-14-6-3-4-8-15(14)16/h3-9,17,19H,2,10-13H2,1H3. The molecule has 1 unspecified atom stereocenters. The molecule has 0 radical (unpaired) electrons. The molecule has 0 saturated carbocycles. The summed E-state index contributed by atoms with van der Waals surface area (Å²) in [5, 5.41) is 13.3. The molecule has 1 N–H and O–H groups in total. The van der Waals surface area contributed by atoms with E-state index in [-0.39, 0.29) is 0 Å².